The molecule has 4 rings (SSSR count). The summed E-state index contributed by atoms with van der Waals surface area (Å²) in [5, 5.41) is 10.1. The van der Waals surface area contributed by atoms with Gasteiger partial charge in [-0.15, -0.1) is 5.11 Å². The number of benzene rings is 3. The lowest BCUT2D eigenvalue weighted by molar-refractivity contribution is -0.140. The maximum atomic E-state index is 13.0. The Morgan fingerprint density at radius 1 is 0.941 bits per heavy atom. The average Bonchev–Trinajstić information content (AvgIpc) is 2.85. The van der Waals surface area contributed by atoms with E-state index >= 15 is 0 Å². The number of rotatable bonds is 7. The summed E-state index contributed by atoms with van der Waals surface area (Å²) < 4.78 is 4.63. The number of imide groups is 1. The zero-order valence-electron chi connectivity index (χ0n) is 19.7. The van der Waals surface area contributed by atoms with Crippen molar-refractivity contribution in [2.24, 2.45) is 10.2 Å². The van der Waals surface area contributed by atoms with Gasteiger partial charge >= 0.3 is 5.97 Å². The molecule has 0 radical (unpaired) electrons. The van der Waals surface area contributed by atoms with E-state index in [1.807, 2.05) is 25.1 Å². The third-order valence-electron chi connectivity index (χ3n) is 6.06. The number of hydrogen-bond donors (Lipinski definition) is 0. The van der Waals surface area contributed by atoms with Gasteiger partial charge in [0, 0.05) is 40.7 Å². The number of amides is 2. The van der Waals surface area contributed by atoms with Crippen molar-refractivity contribution >= 4 is 45.6 Å². The van der Waals surface area contributed by atoms with Crippen molar-refractivity contribution in [2.45, 2.75) is 20.8 Å². The Balaban J connectivity index is 1.72. The van der Waals surface area contributed by atoms with Crippen LogP contribution < -0.4 is 4.90 Å². The normalized spacial score (nSPS) is 13.1. The monoisotopic (exact) mass is 458 g/mol. The number of hydrogen-bond acceptors (Lipinski definition) is 7. The van der Waals surface area contributed by atoms with E-state index in [1.165, 1.54) is 7.11 Å². The molecule has 1 heterocycles. The number of methoxy groups -OCH3 is 1. The van der Waals surface area contributed by atoms with Crippen molar-refractivity contribution in [3.8, 4) is 0 Å². The first-order chi connectivity index (χ1) is 16.4. The second-order valence-electron chi connectivity index (χ2n) is 7.98. The molecule has 0 aromatic heterocycles. The number of ether oxygens (including phenoxy) is 1. The van der Waals surface area contributed by atoms with Crippen LogP contribution in [0.1, 0.15) is 40.1 Å². The van der Waals surface area contributed by atoms with E-state index in [1.54, 1.807) is 24.3 Å². The molecule has 0 unspecified atom stereocenters. The van der Waals surface area contributed by atoms with Crippen LogP contribution in [0.5, 0.6) is 0 Å². The van der Waals surface area contributed by atoms with Crippen LogP contribution in [0.3, 0.4) is 0 Å². The van der Waals surface area contributed by atoms with Crippen molar-refractivity contribution in [3.63, 3.8) is 0 Å². The molecule has 0 spiro atoms. The van der Waals surface area contributed by atoms with Crippen LogP contribution in [-0.2, 0) is 9.53 Å². The molecular formula is C26H26N4O4. The van der Waals surface area contributed by atoms with Gasteiger partial charge in [0.15, 0.2) is 0 Å². The average molecular weight is 459 g/mol. The van der Waals surface area contributed by atoms with Gasteiger partial charge < -0.3 is 9.64 Å². The number of carbonyl (C=O) groups is 3. The predicted molar refractivity (Wildman–Crippen MR) is 130 cm³/mol. The molecule has 0 fully saturated rings. The molecule has 3 aromatic rings. The lowest BCUT2D eigenvalue weighted by atomic mass is 9.93. The first kappa shape index (κ1) is 23.1. The molecule has 34 heavy (non-hydrogen) atoms. The quantitative estimate of drug-likeness (QED) is 0.276. The third kappa shape index (κ3) is 4.03. The number of anilines is 1. The van der Waals surface area contributed by atoms with E-state index in [9.17, 15) is 14.4 Å². The molecule has 0 N–H and O–H groups in total. The van der Waals surface area contributed by atoms with Crippen molar-refractivity contribution < 1.29 is 19.1 Å². The van der Waals surface area contributed by atoms with Crippen molar-refractivity contribution in [3.05, 3.63) is 65.2 Å². The zero-order chi connectivity index (χ0) is 24.4. The minimum atomic E-state index is -0.662. The lowest BCUT2D eigenvalue weighted by Gasteiger charge is -2.26. The lowest BCUT2D eigenvalue weighted by Crippen LogP contribution is -2.43. The second kappa shape index (κ2) is 9.43. The van der Waals surface area contributed by atoms with Gasteiger partial charge in [-0.3, -0.25) is 19.3 Å². The van der Waals surface area contributed by atoms with Crippen molar-refractivity contribution in [1.82, 2.24) is 4.90 Å². The van der Waals surface area contributed by atoms with E-state index < -0.39 is 24.3 Å². The van der Waals surface area contributed by atoms with Gasteiger partial charge in [-0.05, 0) is 62.7 Å². The first-order valence-electron chi connectivity index (χ1n) is 11.2. The topological polar surface area (TPSA) is 91.6 Å². The Morgan fingerprint density at radius 3 is 2.24 bits per heavy atom. The van der Waals surface area contributed by atoms with Crippen LogP contribution in [0.4, 0.5) is 17.1 Å². The molecule has 2 amide bonds. The molecule has 1 aliphatic rings. The van der Waals surface area contributed by atoms with Crippen LogP contribution in [0.15, 0.2) is 58.8 Å². The molecule has 0 saturated carbocycles. The second-order valence-corrected chi connectivity index (χ2v) is 7.98. The first-order valence-corrected chi connectivity index (χ1v) is 11.2. The highest BCUT2D eigenvalue weighted by atomic mass is 16.5. The van der Waals surface area contributed by atoms with Gasteiger partial charge in [0.05, 0.1) is 18.5 Å². The van der Waals surface area contributed by atoms with Crippen molar-refractivity contribution in [1.29, 1.82) is 0 Å². The minimum absolute atomic E-state index is 0.341. The fourth-order valence-electron chi connectivity index (χ4n) is 4.20. The summed E-state index contributed by atoms with van der Waals surface area (Å²) in [6, 6.07) is 14.6. The molecule has 0 atom stereocenters. The summed E-state index contributed by atoms with van der Waals surface area (Å²) in [6.07, 6.45) is 0. The summed E-state index contributed by atoms with van der Waals surface area (Å²) in [4.78, 5) is 40.8. The minimum Gasteiger partial charge on any atom is -0.468 e. The Morgan fingerprint density at radius 2 is 1.59 bits per heavy atom. The van der Waals surface area contributed by atoms with Gasteiger partial charge in [0.25, 0.3) is 11.8 Å². The zero-order valence-corrected chi connectivity index (χ0v) is 19.7. The molecular weight excluding hydrogens is 432 g/mol. The summed E-state index contributed by atoms with van der Waals surface area (Å²) in [6.45, 7) is 7.64. The summed E-state index contributed by atoms with van der Waals surface area (Å²) in [7, 11) is 1.21. The van der Waals surface area contributed by atoms with Gasteiger partial charge in [-0.25, -0.2) is 0 Å². The van der Waals surface area contributed by atoms with E-state index in [0.717, 1.165) is 34.9 Å². The third-order valence-corrected chi connectivity index (χ3v) is 6.06. The number of esters is 1. The highest BCUT2D eigenvalue weighted by Crippen LogP contribution is 2.36. The van der Waals surface area contributed by atoms with Gasteiger partial charge in [-0.2, -0.15) is 5.11 Å². The van der Waals surface area contributed by atoms with E-state index in [-0.39, 0.29) is 0 Å². The Hall–Kier alpha value is -4.07. The molecule has 3 aromatic carbocycles. The molecule has 8 nitrogen and oxygen atoms in total. The summed E-state index contributed by atoms with van der Waals surface area (Å²) in [5.74, 6) is -1.74. The molecule has 1 aliphatic heterocycles. The molecule has 0 bridgehead atoms. The smallest absolute Gasteiger partial charge is 0.325 e. The largest absolute Gasteiger partial charge is 0.468 e. The predicted octanol–water partition coefficient (Wildman–Crippen LogP) is 5.18. The fraction of sp³-hybridized carbons (Fsp3) is 0.269. The van der Waals surface area contributed by atoms with Crippen LogP contribution in [0.2, 0.25) is 0 Å². The molecule has 174 valence electrons. The maximum absolute atomic E-state index is 13.0. The highest BCUT2D eigenvalue weighted by Gasteiger charge is 2.34. The maximum Gasteiger partial charge on any atom is 0.325 e. The van der Waals surface area contributed by atoms with Gasteiger partial charge in [0.1, 0.15) is 6.54 Å². The molecule has 0 saturated heterocycles. The molecule has 0 aliphatic carbocycles. The SMILES string of the molecule is CCN(CC)c1ccc(N=Nc2ccc3c4c(cccc24)C(=O)N(CC(=O)OC)C3=O)c(C)c1. The molecule has 8 heteroatoms. The van der Waals surface area contributed by atoms with E-state index in [4.69, 9.17) is 0 Å². The summed E-state index contributed by atoms with van der Waals surface area (Å²) >= 11 is 0. The van der Waals surface area contributed by atoms with Crippen LogP contribution in [0, 0.1) is 6.92 Å². The number of aryl methyl sites for hydroxylation is 1. The fourth-order valence-corrected chi connectivity index (χ4v) is 4.20. The van der Waals surface area contributed by atoms with Crippen LogP contribution >= 0.6 is 0 Å². The number of azo groups is 1. The van der Waals surface area contributed by atoms with E-state index in [0.29, 0.717) is 27.6 Å². The number of nitrogens with zero attached hydrogens (tertiary/aromatic N) is 4. The highest BCUT2D eigenvalue weighted by molar-refractivity contribution is 6.27. The Labute approximate surface area is 197 Å². The Kier molecular flexibility index (Phi) is 6.40. The van der Waals surface area contributed by atoms with Crippen molar-refractivity contribution in [2.75, 3.05) is 31.6 Å². The van der Waals surface area contributed by atoms with Gasteiger partial charge in [-0.1, -0.05) is 12.1 Å². The Bertz CT molecular complexity index is 1310. The number of carbonyl (C=O) groups excluding carboxylic acids is 3. The van der Waals surface area contributed by atoms with Gasteiger partial charge in [0.2, 0.25) is 0 Å². The summed E-state index contributed by atoms with van der Waals surface area (Å²) in [5.41, 5.74) is 4.11. The van der Waals surface area contributed by atoms with E-state index in [2.05, 4.69) is 39.8 Å². The van der Waals surface area contributed by atoms with Crippen LogP contribution in [0.25, 0.3) is 10.8 Å². The van der Waals surface area contributed by atoms with Crippen LogP contribution in [-0.4, -0.2) is 49.4 Å². The standard InChI is InChI=1S/C26H26N4O4/c1-5-29(6-2)17-10-12-21(16(3)14-17)27-28-22-13-11-20-24-18(22)8-7-9-19(24)25(32)30(26(20)33)15-23(31)34-4/h7-14H,5-6,15H2,1-4H3.